The van der Waals surface area contributed by atoms with Gasteiger partial charge in [0.05, 0.1) is 24.5 Å². The van der Waals surface area contributed by atoms with E-state index in [-0.39, 0.29) is 17.7 Å². The van der Waals surface area contributed by atoms with Crippen LogP contribution in [-0.4, -0.2) is 57.8 Å². The summed E-state index contributed by atoms with van der Waals surface area (Å²) in [5.41, 5.74) is 2.41. The minimum absolute atomic E-state index is 0.125. The predicted octanol–water partition coefficient (Wildman–Crippen LogP) is 3.55. The van der Waals surface area contributed by atoms with Gasteiger partial charge in [0, 0.05) is 50.0 Å². The molecule has 1 aliphatic rings. The Bertz CT molecular complexity index is 1370. The van der Waals surface area contributed by atoms with Crippen molar-refractivity contribution in [2.45, 2.75) is 6.42 Å². The summed E-state index contributed by atoms with van der Waals surface area (Å²) in [6.45, 7) is 2.14. The molecule has 8 nitrogen and oxygen atoms in total. The molecule has 0 saturated carbocycles. The lowest BCUT2D eigenvalue weighted by Gasteiger charge is -2.25. The molecule has 4 aromatic rings. The molecule has 3 heterocycles. The van der Waals surface area contributed by atoms with E-state index in [0.717, 1.165) is 17.2 Å². The number of carbonyl (C=O) groups is 2. The first-order valence-electron chi connectivity index (χ1n) is 11.7. The van der Waals surface area contributed by atoms with E-state index in [1.54, 1.807) is 54.5 Å². The van der Waals surface area contributed by atoms with Crippen molar-refractivity contribution in [2.24, 2.45) is 13.0 Å². The fourth-order valence-electron chi connectivity index (χ4n) is 4.45. The number of hydrogen-bond acceptors (Lipinski definition) is 5. The van der Waals surface area contributed by atoms with Crippen molar-refractivity contribution in [2.75, 3.05) is 31.6 Å². The molecular formula is C27H27N5O3. The summed E-state index contributed by atoms with van der Waals surface area (Å²) in [5, 5.41) is 9.24. The molecular weight excluding hydrogens is 442 g/mol. The summed E-state index contributed by atoms with van der Waals surface area (Å²) in [5.74, 6) is -0.320. The van der Waals surface area contributed by atoms with Crippen LogP contribution in [0, 0.1) is 5.92 Å². The van der Waals surface area contributed by atoms with Crippen LogP contribution in [0.1, 0.15) is 26.4 Å². The number of amides is 2. The number of para-hydroxylation sites is 1. The highest BCUT2D eigenvalue weighted by Crippen LogP contribution is 2.22. The van der Waals surface area contributed by atoms with Gasteiger partial charge >= 0.3 is 0 Å². The van der Waals surface area contributed by atoms with Crippen LogP contribution in [-0.2, 0) is 18.2 Å². The smallest absolute Gasteiger partial charge is 0.276 e. The number of carbonyl (C=O) groups excluding carboxylic acids is 2. The quantitative estimate of drug-likeness (QED) is 0.483. The normalized spacial score (nSPS) is 16.1. The van der Waals surface area contributed by atoms with Gasteiger partial charge in [0.25, 0.3) is 11.8 Å². The average molecular weight is 470 g/mol. The number of nitrogens with zero attached hydrogens (tertiary/aromatic N) is 4. The van der Waals surface area contributed by atoms with Crippen molar-refractivity contribution >= 4 is 28.3 Å². The maximum absolute atomic E-state index is 13.6. The van der Waals surface area contributed by atoms with Crippen molar-refractivity contribution in [3.05, 3.63) is 90.0 Å². The van der Waals surface area contributed by atoms with Gasteiger partial charge in [-0.1, -0.05) is 24.3 Å². The van der Waals surface area contributed by atoms with E-state index in [1.807, 2.05) is 17.2 Å². The maximum Gasteiger partial charge on any atom is 0.276 e. The largest absolute Gasteiger partial charge is 0.379 e. The number of ether oxygens (including phenoxy) is 1. The molecule has 1 unspecified atom stereocenters. The minimum Gasteiger partial charge on any atom is -0.379 e. The molecule has 5 rings (SSSR count). The summed E-state index contributed by atoms with van der Waals surface area (Å²) >= 11 is 0. The van der Waals surface area contributed by atoms with E-state index in [9.17, 15) is 9.59 Å². The molecule has 8 heteroatoms. The lowest BCUT2D eigenvalue weighted by Crippen LogP contribution is -2.37. The molecule has 1 N–H and O–H groups in total. The van der Waals surface area contributed by atoms with Crippen LogP contribution in [0.25, 0.3) is 10.8 Å². The molecule has 2 aromatic carbocycles. The summed E-state index contributed by atoms with van der Waals surface area (Å²) in [7, 11) is 1.75. The van der Waals surface area contributed by atoms with Crippen LogP contribution < -0.4 is 5.32 Å². The SMILES string of the molecule is Cn1ccc(C(=O)Nc2ccccc2C(=O)N2CCOCC(Cc3ccc4ccncc4c3)C2)n1. The number of aryl methyl sites for hydroxylation is 1. The maximum atomic E-state index is 13.6. The highest BCUT2D eigenvalue weighted by molar-refractivity contribution is 6.08. The van der Waals surface area contributed by atoms with Gasteiger partial charge in [-0.25, -0.2) is 0 Å². The van der Waals surface area contributed by atoms with E-state index in [2.05, 4.69) is 33.6 Å². The number of anilines is 1. The van der Waals surface area contributed by atoms with E-state index in [0.29, 0.717) is 43.2 Å². The number of fused-ring (bicyclic) bond motifs is 1. The molecule has 1 fully saturated rings. The van der Waals surface area contributed by atoms with Crippen LogP contribution in [0.3, 0.4) is 0 Å². The molecule has 0 bridgehead atoms. The van der Waals surface area contributed by atoms with Gasteiger partial charge in [-0.3, -0.25) is 19.3 Å². The number of pyridine rings is 1. The highest BCUT2D eigenvalue weighted by Gasteiger charge is 2.26. The minimum atomic E-state index is -0.353. The molecule has 1 aliphatic heterocycles. The predicted molar refractivity (Wildman–Crippen MR) is 133 cm³/mol. The van der Waals surface area contributed by atoms with E-state index < -0.39 is 0 Å². The Morgan fingerprint density at radius 3 is 2.86 bits per heavy atom. The molecule has 2 aromatic heterocycles. The fraction of sp³-hybridized carbons (Fsp3) is 0.259. The van der Waals surface area contributed by atoms with E-state index in [1.165, 1.54) is 5.56 Å². The summed E-state index contributed by atoms with van der Waals surface area (Å²) in [6, 6.07) is 17.1. The van der Waals surface area contributed by atoms with Crippen LogP contribution in [0.15, 0.2) is 73.2 Å². The molecule has 2 amide bonds. The summed E-state index contributed by atoms with van der Waals surface area (Å²) in [6.07, 6.45) is 6.16. The molecule has 0 aliphatic carbocycles. The number of rotatable bonds is 5. The van der Waals surface area contributed by atoms with Crippen LogP contribution >= 0.6 is 0 Å². The van der Waals surface area contributed by atoms with Gasteiger partial charge < -0.3 is 15.0 Å². The first-order chi connectivity index (χ1) is 17.1. The van der Waals surface area contributed by atoms with E-state index in [4.69, 9.17) is 4.74 Å². The van der Waals surface area contributed by atoms with Gasteiger partial charge in [0.1, 0.15) is 0 Å². The Kier molecular flexibility index (Phi) is 6.54. The van der Waals surface area contributed by atoms with Crippen LogP contribution in [0.4, 0.5) is 5.69 Å². The van der Waals surface area contributed by atoms with Crippen molar-refractivity contribution in [3.8, 4) is 0 Å². The zero-order valence-electron chi connectivity index (χ0n) is 19.6. The molecule has 0 radical (unpaired) electrons. The Morgan fingerprint density at radius 2 is 2.00 bits per heavy atom. The van der Waals surface area contributed by atoms with Gasteiger partial charge in [0.2, 0.25) is 0 Å². The Hall–Kier alpha value is -4.04. The number of nitrogens with one attached hydrogen (secondary N) is 1. The first kappa shape index (κ1) is 22.7. The third kappa shape index (κ3) is 5.22. The van der Waals surface area contributed by atoms with Crippen LogP contribution in [0.2, 0.25) is 0 Å². The summed E-state index contributed by atoms with van der Waals surface area (Å²) < 4.78 is 7.42. The first-order valence-corrected chi connectivity index (χ1v) is 11.7. The standard InChI is InChI=1S/C27H27N5O3/c1-31-11-9-25(30-31)26(33)29-24-5-3-2-4-23(24)27(34)32-12-13-35-18-20(17-32)14-19-6-7-21-8-10-28-16-22(21)15-19/h2-11,15-16,20H,12-14,17-18H2,1H3,(H,29,33). The molecule has 1 saturated heterocycles. The van der Waals surface area contributed by atoms with Crippen molar-refractivity contribution < 1.29 is 14.3 Å². The second-order valence-electron chi connectivity index (χ2n) is 8.83. The topological polar surface area (TPSA) is 89.4 Å². The monoisotopic (exact) mass is 469 g/mol. The number of hydrogen-bond donors (Lipinski definition) is 1. The average Bonchev–Trinajstić information content (AvgIpc) is 3.18. The highest BCUT2D eigenvalue weighted by atomic mass is 16.5. The molecule has 1 atom stereocenters. The van der Waals surface area contributed by atoms with Crippen molar-refractivity contribution in [3.63, 3.8) is 0 Å². The van der Waals surface area contributed by atoms with Gasteiger partial charge in [-0.2, -0.15) is 5.10 Å². The van der Waals surface area contributed by atoms with Gasteiger partial charge in [0.15, 0.2) is 5.69 Å². The Balaban J connectivity index is 1.31. The van der Waals surface area contributed by atoms with Gasteiger partial charge in [-0.15, -0.1) is 0 Å². The second kappa shape index (κ2) is 10.1. The lowest BCUT2D eigenvalue weighted by atomic mass is 9.97. The third-order valence-corrected chi connectivity index (χ3v) is 6.21. The lowest BCUT2D eigenvalue weighted by molar-refractivity contribution is 0.0738. The summed E-state index contributed by atoms with van der Waals surface area (Å²) in [4.78, 5) is 32.3. The zero-order chi connectivity index (χ0) is 24.2. The number of aromatic nitrogens is 3. The van der Waals surface area contributed by atoms with Crippen LogP contribution in [0.5, 0.6) is 0 Å². The molecule has 178 valence electrons. The molecule has 0 spiro atoms. The van der Waals surface area contributed by atoms with E-state index >= 15 is 0 Å². The van der Waals surface area contributed by atoms with Crippen molar-refractivity contribution in [1.29, 1.82) is 0 Å². The Labute approximate surface area is 203 Å². The number of benzene rings is 2. The zero-order valence-corrected chi connectivity index (χ0v) is 19.6. The Morgan fingerprint density at radius 1 is 1.11 bits per heavy atom. The molecule has 35 heavy (non-hydrogen) atoms. The third-order valence-electron chi connectivity index (χ3n) is 6.21. The van der Waals surface area contributed by atoms with Crippen molar-refractivity contribution in [1.82, 2.24) is 19.7 Å². The second-order valence-corrected chi connectivity index (χ2v) is 8.83. The van der Waals surface area contributed by atoms with Gasteiger partial charge in [-0.05, 0) is 47.7 Å². The fourth-order valence-corrected chi connectivity index (χ4v) is 4.45.